The fourth-order valence-electron chi connectivity index (χ4n) is 1.96. The fourth-order valence-corrected chi connectivity index (χ4v) is 4.18. The summed E-state index contributed by atoms with van der Waals surface area (Å²) in [6.45, 7) is 7.56. The van der Waals surface area contributed by atoms with Crippen molar-refractivity contribution in [3.8, 4) is 11.3 Å². The van der Waals surface area contributed by atoms with Gasteiger partial charge in [0, 0.05) is 17.0 Å². The predicted octanol–water partition coefficient (Wildman–Crippen LogP) is 3.50. The summed E-state index contributed by atoms with van der Waals surface area (Å²) >= 11 is 1.55. The molecule has 0 aliphatic rings. The fraction of sp³-hybridized carbons (Fsp3) is 0.400. The van der Waals surface area contributed by atoms with Gasteiger partial charge in [-0.25, -0.2) is 18.1 Å². The third-order valence-electron chi connectivity index (χ3n) is 3.36. The molecule has 4 nitrogen and oxygen atoms in total. The molecule has 0 saturated carbocycles. The van der Waals surface area contributed by atoms with E-state index in [2.05, 4.69) is 9.71 Å². The van der Waals surface area contributed by atoms with Crippen LogP contribution in [0.3, 0.4) is 0 Å². The lowest BCUT2D eigenvalue weighted by Gasteiger charge is -2.14. The van der Waals surface area contributed by atoms with Gasteiger partial charge in [-0.15, -0.1) is 11.3 Å². The lowest BCUT2D eigenvalue weighted by Crippen LogP contribution is -2.32. The zero-order valence-corrected chi connectivity index (χ0v) is 14.3. The Morgan fingerprint density at radius 3 is 2.62 bits per heavy atom. The number of aromatic nitrogens is 1. The van der Waals surface area contributed by atoms with Crippen LogP contribution in [0.25, 0.3) is 11.3 Å². The third-order valence-corrected chi connectivity index (χ3v) is 5.87. The van der Waals surface area contributed by atoms with E-state index in [1.807, 2.05) is 38.3 Å². The zero-order valence-electron chi connectivity index (χ0n) is 12.7. The molecule has 1 heterocycles. The van der Waals surface area contributed by atoms with E-state index < -0.39 is 10.0 Å². The second-order valence-electron chi connectivity index (χ2n) is 5.16. The highest BCUT2D eigenvalue weighted by Gasteiger charge is 2.20. The minimum Gasteiger partial charge on any atom is -0.242 e. The molecule has 0 fully saturated rings. The molecule has 0 saturated heterocycles. The van der Waals surface area contributed by atoms with E-state index in [0.717, 1.165) is 28.2 Å². The first-order valence-corrected chi connectivity index (χ1v) is 9.25. The van der Waals surface area contributed by atoms with Crippen LogP contribution in [0.1, 0.15) is 30.8 Å². The first-order chi connectivity index (χ1) is 9.83. The summed E-state index contributed by atoms with van der Waals surface area (Å²) in [5, 5.41) is 2.91. The summed E-state index contributed by atoms with van der Waals surface area (Å²) in [5.41, 5.74) is 2.38. The summed E-state index contributed by atoms with van der Waals surface area (Å²) in [5.74, 6) is 0. The summed E-state index contributed by atoms with van der Waals surface area (Å²) in [6.07, 6.45) is 0.753. The average Bonchev–Trinajstić information content (AvgIpc) is 2.85. The minimum atomic E-state index is -3.50. The van der Waals surface area contributed by atoms with Gasteiger partial charge in [0.15, 0.2) is 0 Å². The maximum atomic E-state index is 12.5. The Hall–Kier alpha value is -1.24. The quantitative estimate of drug-likeness (QED) is 0.915. The molecular weight excluding hydrogens is 304 g/mol. The molecule has 1 atom stereocenters. The van der Waals surface area contributed by atoms with E-state index in [-0.39, 0.29) is 6.04 Å². The smallest absolute Gasteiger partial charge is 0.241 e. The molecular formula is C15H20N2O2S2. The second-order valence-corrected chi connectivity index (χ2v) is 7.91. The van der Waals surface area contributed by atoms with Crippen LogP contribution < -0.4 is 4.72 Å². The van der Waals surface area contributed by atoms with Gasteiger partial charge in [0.1, 0.15) is 0 Å². The number of hydrogen-bond acceptors (Lipinski definition) is 4. The first kappa shape index (κ1) is 16.1. The molecule has 0 amide bonds. The molecule has 0 spiro atoms. The van der Waals surface area contributed by atoms with Crippen molar-refractivity contribution in [3.05, 3.63) is 34.2 Å². The highest BCUT2D eigenvalue weighted by Crippen LogP contribution is 2.26. The van der Waals surface area contributed by atoms with Crippen molar-refractivity contribution in [2.45, 2.75) is 45.1 Å². The maximum absolute atomic E-state index is 12.5. The molecule has 0 aliphatic carbocycles. The van der Waals surface area contributed by atoms with Crippen LogP contribution in [-0.2, 0) is 10.0 Å². The van der Waals surface area contributed by atoms with Gasteiger partial charge in [-0.1, -0.05) is 19.1 Å². The van der Waals surface area contributed by atoms with Crippen LogP contribution in [0.5, 0.6) is 0 Å². The van der Waals surface area contributed by atoms with Crippen molar-refractivity contribution in [1.29, 1.82) is 0 Å². The predicted molar refractivity (Wildman–Crippen MR) is 87.1 cm³/mol. The maximum Gasteiger partial charge on any atom is 0.241 e. The van der Waals surface area contributed by atoms with Gasteiger partial charge < -0.3 is 0 Å². The number of nitrogens with zero attached hydrogens (tertiary/aromatic N) is 1. The molecule has 1 N–H and O–H groups in total. The van der Waals surface area contributed by atoms with E-state index in [4.69, 9.17) is 0 Å². The number of rotatable bonds is 5. The monoisotopic (exact) mass is 324 g/mol. The average molecular weight is 324 g/mol. The highest BCUT2D eigenvalue weighted by molar-refractivity contribution is 7.89. The Kier molecular flexibility index (Phi) is 4.81. The number of benzene rings is 1. The van der Waals surface area contributed by atoms with Gasteiger partial charge in [-0.3, -0.25) is 0 Å². The number of hydrogen-bond donors (Lipinski definition) is 1. The molecule has 0 radical (unpaired) electrons. The number of thiazole rings is 1. The summed E-state index contributed by atoms with van der Waals surface area (Å²) in [4.78, 5) is 4.74. The standard InChI is InChI=1S/C15H20N2O2S2/c1-5-11(3)17-21(18,19)15-8-13(7-6-10(15)2)14-9-20-12(4)16-14/h6-9,11,17H,5H2,1-4H3/t11-/m0/s1. The van der Waals surface area contributed by atoms with Gasteiger partial charge in [0.05, 0.1) is 15.6 Å². The van der Waals surface area contributed by atoms with E-state index >= 15 is 0 Å². The van der Waals surface area contributed by atoms with Crippen LogP contribution in [-0.4, -0.2) is 19.4 Å². The van der Waals surface area contributed by atoms with Crippen molar-refractivity contribution >= 4 is 21.4 Å². The minimum absolute atomic E-state index is 0.0837. The van der Waals surface area contributed by atoms with E-state index in [1.165, 1.54) is 0 Å². The molecule has 2 aromatic rings. The topological polar surface area (TPSA) is 59.1 Å². The number of nitrogens with one attached hydrogen (secondary N) is 1. The molecule has 1 aromatic carbocycles. The van der Waals surface area contributed by atoms with Crippen molar-refractivity contribution < 1.29 is 8.42 Å². The van der Waals surface area contributed by atoms with Gasteiger partial charge in [-0.05, 0) is 38.8 Å². The lowest BCUT2D eigenvalue weighted by molar-refractivity contribution is 0.555. The molecule has 2 rings (SSSR count). The molecule has 1 aromatic heterocycles. The van der Waals surface area contributed by atoms with Gasteiger partial charge in [-0.2, -0.15) is 0 Å². The van der Waals surface area contributed by atoms with Crippen molar-refractivity contribution in [2.24, 2.45) is 0 Å². The molecule has 21 heavy (non-hydrogen) atoms. The number of sulfonamides is 1. The Bertz CT molecular complexity index is 736. The summed E-state index contributed by atoms with van der Waals surface area (Å²) in [6, 6.07) is 5.36. The van der Waals surface area contributed by atoms with Crippen LogP contribution in [0.15, 0.2) is 28.5 Å². The third kappa shape index (κ3) is 3.70. The van der Waals surface area contributed by atoms with Crippen molar-refractivity contribution in [2.75, 3.05) is 0 Å². The van der Waals surface area contributed by atoms with Gasteiger partial charge in [0.2, 0.25) is 10.0 Å². The Morgan fingerprint density at radius 1 is 1.33 bits per heavy atom. The van der Waals surface area contributed by atoms with Crippen molar-refractivity contribution in [3.63, 3.8) is 0 Å². The number of aryl methyl sites for hydroxylation is 2. The molecule has 0 unspecified atom stereocenters. The van der Waals surface area contributed by atoms with Gasteiger partial charge in [0.25, 0.3) is 0 Å². The Labute approximate surface area is 130 Å². The SMILES string of the molecule is CC[C@H](C)NS(=O)(=O)c1cc(-c2csc(C)n2)ccc1C. The molecule has 114 valence electrons. The normalized spacial score (nSPS) is 13.3. The lowest BCUT2D eigenvalue weighted by atomic mass is 10.1. The Balaban J connectivity index is 2.44. The summed E-state index contributed by atoms with van der Waals surface area (Å²) < 4.78 is 27.7. The summed E-state index contributed by atoms with van der Waals surface area (Å²) in [7, 11) is -3.50. The molecule has 6 heteroatoms. The van der Waals surface area contributed by atoms with E-state index in [1.54, 1.807) is 24.3 Å². The van der Waals surface area contributed by atoms with E-state index in [9.17, 15) is 8.42 Å². The van der Waals surface area contributed by atoms with Crippen LogP contribution in [0.4, 0.5) is 0 Å². The zero-order chi connectivity index (χ0) is 15.6. The van der Waals surface area contributed by atoms with Crippen LogP contribution >= 0.6 is 11.3 Å². The van der Waals surface area contributed by atoms with Gasteiger partial charge >= 0.3 is 0 Å². The van der Waals surface area contributed by atoms with Crippen LogP contribution in [0.2, 0.25) is 0 Å². The van der Waals surface area contributed by atoms with Crippen LogP contribution in [0, 0.1) is 13.8 Å². The van der Waals surface area contributed by atoms with E-state index in [0.29, 0.717) is 4.90 Å². The first-order valence-electron chi connectivity index (χ1n) is 6.89. The van der Waals surface area contributed by atoms with Crippen molar-refractivity contribution in [1.82, 2.24) is 9.71 Å². The molecule has 0 bridgehead atoms. The highest BCUT2D eigenvalue weighted by atomic mass is 32.2. The second kappa shape index (κ2) is 6.25. The largest absolute Gasteiger partial charge is 0.242 e. The molecule has 0 aliphatic heterocycles. The Morgan fingerprint density at radius 2 is 2.05 bits per heavy atom.